The van der Waals surface area contributed by atoms with Crippen LogP contribution in [-0.2, 0) is 14.3 Å². The lowest BCUT2D eigenvalue weighted by atomic mass is 9.69. The molecule has 0 radical (unpaired) electrons. The van der Waals surface area contributed by atoms with Crippen LogP contribution in [0.3, 0.4) is 0 Å². The molecular weight excluding hydrogens is 533 g/mol. The van der Waals surface area contributed by atoms with Crippen molar-refractivity contribution in [1.82, 2.24) is 0 Å². The third-order valence-corrected chi connectivity index (χ3v) is 7.22. The first kappa shape index (κ1) is 27.3. The van der Waals surface area contributed by atoms with Crippen LogP contribution in [-0.4, -0.2) is 49.6 Å². The first-order valence-electron chi connectivity index (χ1n) is 11.3. The standard InChI is InChI=1S/C26H22ClF3O8/c1-10-5-15(31)19(12(8-18(32)37-4)11-6-13(28)22(30)14(29)7-11)24(33)26(10)25(34)20-16(35-2)9-17(36-3)21(27)23(20)38-26/h6-7,9-10,12,33H,5,8H2,1-4H3/t10-,12+,26+/m1/s1. The molecule has 0 amide bonds. The van der Waals surface area contributed by atoms with E-state index >= 15 is 0 Å². The molecule has 2 aromatic rings. The van der Waals surface area contributed by atoms with Gasteiger partial charge in [0.2, 0.25) is 11.4 Å². The van der Waals surface area contributed by atoms with Crippen molar-refractivity contribution in [3.05, 3.63) is 63.1 Å². The van der Waals surface area contributed by atoms with E-state index in [0.29, 0.717) is 12.1 Å². The fourth-order valence-electron chi connectivity index (χ4n) is 4.95. The van der Waals surface area contributed by atoms with E-state index in [4.69, 9.17) is 25.8 Å². The van der Waals surface area contributed by atoms with Crippen molar-refractivity contribution in [2.75, 3.05) is 21.3 Å². The van der Waals surface area contributed by atoms with Crippen molar-refractivity contribution in [1.29, 1.82) is 0 Å². The summed E-state index contributed by atoms with van der Waals surface area (Å²) in [6, 6.07) is 2.55. The molecule has 202 valence electrons. The van der Waals surface area contributed by atoms with Crippen molar-refractivity contribution in [2.24, 2.45) is 5.92 Å². The second-order valence-corrected chi connectivity index (χ2v) is 9.27. The van der Waals surface area contributed by atoms with Crippen molar-refractivity contribution < 1.29 is 51.6 Å². The minimum absolute atomic E-state index is 0.0235. The maximum atomic E-state index is 14.2. The lowest BCUT2D eigenvalue weighted by molar-refractivity contribution is -0.140. The van der Waals surface area contributed by atoms with Gasteiger partial charge in [0.1, 0.15) is 22.1 Å². The molecule has 0 aromatic heterocycles. The number of hydrogen-bond acceptors (Lipinski definition) is 8. The number of Topliss-reactive ketones (excluding diaryl/α,β-unsaturated/α-hetero) is 2. The van der Waals surface area contributed by atoms with Crippen LogP contribution in [0.5, 0.6) is 17.2 Å². The summed E-state index contributed by atoms with van der Waals surface area (Å²) in [5.41, 5.74) is -3.16. The summed E-state index contributed by atoms with van der Waals surface area (Å²) < 4.78 is 63.2. The number of ketones is 2. The fraction of sp³-hybridized carbons (Fsp3) is 0.346. The topological polar surface area (TPSA) is 108 Å². The van der Waals surface area contributed by atoms with Crippen molar-refractivity contribution in [3.63, 3.8) is 0 Å². The Bertz CT molecular complexity index is 1380. The minimum Gasteiger partial charge on any atom is -0.507 e. The summed E-state index contributed by atoms with van der Waals surface area (Å²) in [6.45, 7) is 1.48. The van der Waals surface area contributed by atoms with Crippen LogP contribution in [0.25, 0.3) is 0 Å². The predicted octanol–water partition coefficient (Wildman–Crippen LogP) is 4.86. The van der Waals surface area contributed by atoms with Crippen molar-refractivity contribution >= 4 is 29.1 Å². The molecular formula is C26H22ClF3O8. The number of ether oxygens (including phenoxy) is 4. The molecule has 1 N–H and O–H groups in total. The largest absolute Gasteiger partial charge is 0.507 e. The Morgan fingerprint density at radius 2 is 1.74 bits per heavy atom. The van der Waals surface area contributed by atoms with Gasteiger partial charge in [0.05, 0.1) is 27.8 Å². The highest BCUT2D eigenvalue weighted by Gasteiger charge is 2.61. The molecule has 12 heteroatoms. The number of aliphatic hydroxyl groups is 1. The van der Waals surface area contributed by atoms with Crippen LogP contribution >= 0.6 is 11.6 Å². The van der Waals surface area contributed by atoms with E-state index in [1.54, 1.807) is 0 Å². The zero-order valence-electron chi connectivity index (χ0n) is 20.6. The van der Waals surface area contributed by atoms with E-state index in [1.165, 1.54) is 27.2 Å². The number of benzene rings is 2. The van der Waals surface area contributed by atoms with Crippen LogP contribution < -0.4 is 14.2 Å². The fourth-order valence-corrected chi connectivity index (χ4v) is 5.22. The molecule has 0 saturated heterocycles. The zero-order valence-corrected chi connectivity index (χ0v) is 21.4. The molecule has 0 bridgehead atoms. The Balaban J connectivity index is 1.98. The number of methoxy groups -OCH3 is 3. The van der Waals surface area contributed by atoms with Crippen molar-refractivity contribution in [3.8, 4) is 17.2 Å². The van der Waals surface area contributed by atoms with Gasteiger partial charge in [0.25, 0.3) is 0 Å². The summed E-state index contributed by atoms with van der Waals surface area (Å²) in [5, 5.41) is 11.5. The molecule has 2 aromatic carbocycles. The number of esters is 1. The molecule has 2 aliphatic rings. The zero-order chi connectivity index (χ0) is 28.1. The average molecular weight is 555 g/mol. The smallest absolute Gasteiger partial charge is 0.306 e. The second-order valence-electron chi connectivity index (χ2n) is 8.89. The Hall–Kier alpha value is -3.73. The SMILES string of the molecule is COC(=O)C[C@H](C1=C(O)[C@@]2(Oc3c(Cl)c(OC)cc(OC)c3C2=O)[C@H](C)CC1=O)c1cc(F)c(F)c(F)c1. The lowest BCUT2D eigenvalue weighted by Gasteiger charge is -2.38. The van der Waals surface area contributed by atoms with Gasteiger partial charge in [-0.05, 0) is 17.7 Å². The van der Waals surface area contributed by atoms with Gasteiger partial charge in [0.15, 0.2) is 34.7 Å². The molecule has 1 heterocycles. The molecule has 3 atom stereocenters. The first-order chi connectivity index (χ1) is 17.9. The maximum Gasteiger partial charge on any atom is 0.306 e. The average Bonchev–Trinajstić information content (AvgIpc) is 3.20. The van der Waals surface area contributed by atoms with Crippen molar-refractivity contribution in [2.45, 2.75) is 31.3 Å². The molecule has 0 saturated carbocycles. The van der Waals surface area contributed by atoms with Gasteiger partial charge < -0.3 is 24.1 Å². The number of rotatable bonds is 6. The summed E-state index contributed by atoms with van der Waals surface area (Å²) in [5.74, 6) is -10.7. The number of hydrogen-bond donors (Lipinski definition) is 1. The Morgan fingerprint density at radius 1 is 1.13 bits per heavy atom. The number of allylic oxidation sites excluding steroid dienone is 1. The number of aliphatic hydroxyl groups excluding tert-OH is 1. The van der Waals surface area contributed by atoms with Gasteiger partial charge in [-0.15, -0.1) is 0 Å². The van der Waals surface area contributed by atoms with E-state index in [2.05, 4.69) is 4.74 Å². The molecule has 8 nitrogen and oxygen atoms in total. The number of carbonyl (C=O) groups is 3. The Labute approximate surface area is 219 Å². The summed E-state index contributed by atoms with van der Waals surface area (Å²) in [6.07, 6.45) is -1.03. The summed E-state index contributed by atoms with van der Waals surface area (Å²) in [7, 11) is 3.67. The molecule has 1 spiro atoms. The van der Waals surface area contributed by atoms with Gasteiger partial charge in [-0.25, -0.2) is 13.2 Å². The van der Waals surface area contributed by atoms with E-state index < -0.39 is 70.2 Å². The number of fused-ring (bicyclic) bond motifs is 1. The molecule has 0 unspecified atom stereocenters. The quantitative estimate of drug-likeness (QED) is 0.398. The molecule has 0 fully saturated rings. The van der Waals surface area contributed by atoms with Crippen LogP contribution in [0.1, 0.15) is 41.6 Å². The van der Waals surface area contributed by atoms with Gasteiger partial charge in [-0.2, -0.15) is 0 Å². The van der Waals surface area contributed by atoms with Crippen LogP contribution in [0, 0.1) is 23.4 Å². The third-order valence-electron chi connectivity index (χ3n) is 6.87. The Morgan fingerprint density at radius 3 is 2.29 bits per heavy atom. The lowest BCUT2D eigenvalue weighted by Crippen LogP contribution is -2.53. The van der Waals surface area contributed by atoms with E-state index in [-0.39, 0.29) is 39.8 Å². The highest BCUT2D eigenvalue weighted by atomic mass is 35.5. The van der Waals surface area contributed by atoms with Crippen LogP contribution in [0.4, 0.5) is 13.2 Å². The molecule has 38 heavy (non-hydrogen) atoms. The normalized spacial score (nSPS) is 21.3. The Kier molecular flexibility index (Phi) is 7.09. The summed E-state index contributed by atoms with van der Waals surface area (Å²) in [4.78, 5) is 39.4. The van der Waals surface area contributed by atoms with Gasteiger partial charge in [-0.3, -0.25) is 14.4 Å². The van der Waals surface area contributed by atoms with E-state index in [9.17, 15) is 32.7 Å². The second kappa shape index (κ2) is 9.86. The minimum atomic E-state index is -2.19. The summed E-state index contributed by atoms with van der Waals surface area (Å²) >= 11 is 6.40. The van der Waals surface area contributed by atoms with Gasteiger partial charge >= 0.3 is 5.97 Å². The molecule has 4 rings (SSSR count). The number of carbonyl (C=O) groups excluding carboxylic acids is 3. The highest BCUT2D eigenvalue weighted by Crippen LogP contribution is 2.55. The highest BCUT2D eigenvalue weighted by molar-refractivity contribution is 6.35. The van der Waals surface area contributed by atoms with Crippen LogP contribution in [0.15, 0.2) is 29.5 Å². The van der Waals surface area contributed by atoms with Gasteiger partial charge in [-0.1, -0.05) is 18.5 Å². The number of halogens is 4. The monoisotopic (exact) mass is 554 g/mol. The molecule has 1 aliphatic carbocycles. The maximum absolute atomic E-state index is 14.2. The third kappa shape index (κ3) is 3.96. The first-order valence-corrected chi connectivity index (χ1v) is 11.7. The van der Waals surface area contributed by atoms with E-state index in [0.717, 1.165) is 7.11 Å². The van der Waals surface area contributed by atoms with Gasteiger partial charge in [0, 0.05) is 29.9 Å². The van der Waals surface area contributed by atoms with Crippen LogP contribution in [0.2, 0.25) is 5.02 Å². The van der Waals surface area contributed by atoms with E-state index in [1.807, 2.05) is 0 Å². The molecule has 1 aliphatic heterocycles. The predicted molar refractivity (Wildman–Crippen MR) is 126 cm³/mol.